The van der Waals surface area contributed by atoms with Gasteiger partial charge in [0, 0.05) is 6.20 Å². The number of aromatic nitrogens is 4. The number of carboxylic acid groups (broad SMARTS) is 1. The summed E-state index contributed by atoms with van der Waals surface area (Å²) in [5.74, 6) is -1.07. The van der Waals surface area contributed by atoms with Crippen LogP contribution in [0, 0.1) is 6.92 Å². The molecule has 0 amide bonds. The van der Waals surface area contributed by atoms with Gasteiger partial charge in [-0.25, -0.2) is 14.8 Å². The molecule has 2 rings (SSSR count). The maximum atomic E-state index is 10.7. The van der Waals surface area contributed by atoms with Gasteiger partial charge < -0.3 is 5.11 Å². The van der Waals surface area contributed by atoms with Crippen LogP contribution < -0.4 is 0 Å². The van der Waals surface area contributed by atoms with Crippen LogP contribution >= 0.6 is 23.1 Å². The summed E-state index contributed by atoms with van der Waals surface area (Å²) in [5, 5.41) is 17.7. The Bertz CT molecular complexity index is 528. The third-order valence-electron chi connectivity index (χ3n) is 1.54. The van der Waals surface area contributed by atoms with Crippen LogP contribution in [0.4, 0.5) is 0 Å². The fraction of sp³-hybridized carbons (Fsp3) is 0.125. The topological polar surface area (TPSA) is 88.9 Å². The first-order valence-corrected chi connectivity index (χ1v) is 5.83. The molecule has 2 heterocycles. The first-order chi connectivity index (χ1) is 7.65. The maximum absolute atomic E-state index is 10.7. The van der Waals surface area contributed by atoms with E-state index in [9.17, 15) is 4.79 Å². The van der Waals surface area contributed by atoms with Crippen molar-refractivity contribution in [3.05, 3.63) is 23.0 Å². The molecule has 0 aromatic carbocycles. The monoisotopic (exact) mass is 254 g/mol. The van der Waals surface area contributed by atoms with Gasteiger partial charge in [-0.3, -0.25) is 0 Å². The number of rotatable bonds is 3. The van der Waals surface area contributed by atoms with Crippen molar-refractivity contribution < 1.29 is 9.90 Å². The number of carbonyl (C=O) groups is 1. The van der Waals surface area contributed by atoms with Crippen LogP contribution in [0.3, 0.4) is 0 Å². The Hall–Kier alpha value is -1.54. The van der Waals surface area contributed by atoms with Gasteiger partial charge in [0.15, 0.2) is 15.2 Å². The average molecular weight is 254 g/mol. The Labute approximate surface area is 98.8 Å². The molecule has 6 nitrogen and oxygen atoms in total. The summed E-state index contributed by atoms with van der Waals surface area (Å²) < 4.78 is 0.694. The summed E-state index contributed by atoms with van der Waals surface area (Å²) in [6.45, 7) is 1.84. The molecule has 0 radical (unpaired) electrons. The van der Waals surface area contributed by atoms with Crippen LogP contribution in [0.5, 0.6) is 0 Å². The fourth-order valence-electron chi connectivity index (χ4n) is 0.907. The highest BCUT2D eigenvalue weighted by Gasteiger charge is 2.09. The minimum atomic E-state index is -1.07. The molecule has 82 valence electrons. The molecule has 0 saturated carbocycles. The van der Waals surface area contributed by atoms with Gasteiger partial charge in [-0.05, 0) is 24.8 Å². The van der Waals surface area contributed by atoms with Crippen molar-refractivity contribution in [3.8, 4) is 0 Å². The number of aryl methyl sites for hydroxylation is 1. The Balaban J connectivity index is 2.21. The molecule has 0 aliphatic rings. The summed E-state index contributed by atoms with van der Waals surface area (Å²) in [6, 6.07) is 1.34. The molecule has 2 aromatic heterocycles. The Morgan fingerprint density at radius 2 is 2.31 bits per heavy atom. The minimum Gasteiger partial charge on any atom is -0.477 e. The van der Waals surface area contributed by atoms with Crippen molar-refractivity contribution >= 4 is 29.1 Å². The van der Waals surface area contributed by atoms with Gasteiger partial charge in [-0.2, -0.15) is 0 Å². The number of nitrogens with zero attached hydrogens (tertiary/aromatic N) is 4. The quantitative estimate of drug-likeness (QED) is 0.830. The van der Waals surface area contributed by atoms with Crippen molar-refractivity contribution in [1.29, 1.82) is 0 Å². The normalized spacial score (nSPS) is 10.3. The van der Waals surface area contributed by atoms with E-state index < -0.39 is 5.97 Å². The number of hydrogen-bond donors (Lipinski definition) is 1. The van der Waals surface area contributed by atoms with Gasteiger partial charge in [0.2, 0.25) is 0 Å². The Kier molecular flexibility index (Phi) is 3.11. The zero-order valence-electron chi connectivity index (χ0n) is 8.12. The van der Waals surface area contributed by atoms with Gasteiger partial charge in [0.05, 0.1) is 0 Å². The van der Waals surface area contributed by atoms with Crippen LogP contribution in [0.2, 0.25) is 0 Å². The molecule has 0 spiro atoms. The maximum Gasteiger partial charge on any atom is 0.354 e. The highest BCUT2D eigenvalue weighted by molar-refractivity contribution is 8.00. The molecule has 0 bridgehead atoms. The second-order valence-electron chi connectivity index (χ2n) is 2.72. The molecule has 0 aliphatic carbocycles. The molecule has 0 unspecified atom stereocenters. The minimum absolute atomic E-state index is 0.0289. The number of aromatic carboxylic acids is 1. The molecular weight excluding hydrogens is 248 g/mol. The zero-order chi connectivity index (χ0) is 11.5. The average Bonchev–Trinajstić information content (AvgIpc) is 2.64. The van der Waals surface area contributed by atoms with Crippen molar-refractivity contribution in [2.75, 3.05) is 0 Å². The lowest BCUT2D eigenvalue weighted by Gasteiger charge is -1.96. The van der Waals surface area contributed by atoms with Crippen molar-refractivity contribution in [2.24, 2.45) is 0 Å². The van der Waals surface area contributed by atoms with E-state index in [1.807, 2.05) is 6.92 Å². The first-order valence-electron chi connectivity index (χ1n) is 4.19. The summed E-state index contributed by atoms with van der Waals surface area (Å²) in [7, 11) is 0. The molecule has 0 saturated heterocycles. The second kappa shape index (κ2) is 4.54. The zero-order valence-corrected chi connectivity index (χ0v) is 9.75. The first kappa shape index (κ1) is 11.0. The van der Waals surface area contributed by atoms with Crippen LogP contribution in [-0.4, -0.2) is 31.2 Å². The third kappa shape index (κ3) is 2.52. The van der Waals surface area contributed by atoms with Gasteiger partial charge in [0.25, 0.3) is 0 Å². The smallest absolute Gasteiger partial charge is 0.354 e. The predicted molar refractivity (Wildman–Crippen MR) is 57.8 cm³/mol. The summed E-state index contributed by atoms with van der Waals surface area (Å²) >= 11 is 2.61. The number of carboxylic acids is 1. The van der Waals surface area contributed by atoms with E-state index in [0.29, 0.717) is 9.50 Å². The van der Waals surface area contributed by atoms with Gasteiger partial charge in [0.1, 0.15) is 5.01 Å². The van der Waals surface area contributed by atoms with E-state index in [1.165, 1.54) is 35.4 Å². The molecule has 16 heavy (non-hydrogen) atoms. The molecule has 2 aromatic rings. The third-order valence-corrected chi connectivity index (χ3v) is 3.31. The summed E-state index contributed by atoms with van der Waals surface area (Å²) in [4.78, 5) is 18.5. The Morgan fingerprint density at radius 1 is 1.50 bits per heavy atom. The van der Waals surface area contributed by atoms with Gasteiger partial charge in [-0.15, -0.1) is 10.2 Å². The summed E-state index contributed by atoms with van der Waals surface area (Å²) in [6.07, 6.45) is 1.41. The van der Waals surface area contributed by atoms with Crippen molar-refractivity contribution in [3.63, 3.8) is 0 Å². The SMILES string of the molecule is Cc1nnc(Sc2nccc(C(=O)O)n2)s1. The molecule has 0 fully saturated rings. The molecule has 0 aliphatic heterocycles. The number of hydrogen-bond acceptors (Lipinski definition) is 7. The Morgan fingerprint density at radius 3 is 2.94 bits per heavy atom. The largest absolute Gasteiger partial charge is 0.477 e. The van der Waals surface area contributed by atoms with E-state index in [0.717, 1.165) is 5.01 Å². The predicted octanol–water partition coefficient (Wildman–Crippen LogP) is 1.49. The van der Waals surface area contributed by atoms with Crippen molar-refractivity contribution in [1.82, 2.24) is 20.2 Å². The fourth-order valence-corrected chi connectivity index (χ4v) is 2.57. The molecular formula is C8H6N4O2S2. The molecule has 8 heteroatoms. The van der Waals surface area contributed by atoms with E-state index in [1.54, 1.807) is 0 Å². The lowest BCUT2D eigenvalue weighted by Crippen LogP contribution is -2.01. The molecule has 1 N–H and O–H groups in total. The van der Waals surface area contributed by atoms with Gasteiger partial charge >= 0.3 is 5.97 Å². The highest BCUT2D eigenvalue weighted by Crippen LogP contribution is 2.26. The van der Waals surface area contributed by atoms with Crippen molar-refractivity contribution in [2.45, 2.75) is 16.4 Å². The van der Waals surface area contributed by atoms with Crippen LogP contribution in [0.15, 0.2) is 21.8 Å². The standard InChI is InChI=1S/C8H6N4O2S2/c1-4-11-12-8(15-4)16-7-9-3-2-5(10-7)6(13)14/h2-3H,1H3,(H,13,14). The van der Waals surface area contributed by atoms with E-state index in [2.05, 4.69) is 20.2 Å². The van der Waals surface area contributed by atoms with E-state index in [4.69, 9.17) is 5.11 Å². The van der Waals surface area contributed by atoms with E-state index >= 15 is 0 Å². The summed E-state index contributed by atoms with van der Waals surface area (Å²) in [5.41, 5.74) is -0.0289. The lowest BCUT2D eigenvalue weighted by molar-refractivity contribution is 0.0689. The van der Waals surface area contributed by atoms with Crippen LogP contribution in [-0.2, 0) is 0 Å². The molecule has 0 atom stereocenters. The van der Waals surface area contributed by atoms with Crippen LogP contribution in [0.25, 0.3) is 0 Å². The lowest BCUT2D eigenvalue weighted by atomic mass is 10.4. The highest BCUT2D eigenvalue weighted by atomic mass is 32.2. The van der Waals surface area contributed by atoms with Gasteiger partial charge in [-0.1, -0.05) is 11.3 Å². The van der Waals surface area contributed by atoms with E-state index in [-0.39, 0.29) is 5.69 Å². The second-order valence-corrected chi connectivity index (χ2v) is 5.11. The van der Waals surface area contributed by atoms with Crippen LogP contribution in [0.1, 0.15) is 15.5 Å².